The molecule has 0 bridgehead atoms. The maximum absolute atomic E-state index is 12.4. The number of hydrogen-bond donors (Lipinski definition) is 0. The van der Waals surface area contributed by atoms with Crippen LogP contribution in [0, 0.1) is 26.9 Å². The largest absolute Gasteiger partial charge is 1.00 e. The van der Waals surface area contributed by atoms with E-state index < -0.39 is 16.3 Å². The molecule has 0 aliphatic carbocycles. The Morgan fingerprint density at radius 2 is 2.00 bits per heavy atom. The Labute approximate surface area is 154 Å². The van der Waals surface area contributed by atoms with E-state index in [2.05, 4.69) is 8.75 Å². The third-order valence-electron chi connectivity index (χ3n) is 3.06. The quantitative estimate of drug-likeness (QED) is 0.443. The number of aromatic nitrogens is 2. The van der Waals surface area contributed by atoms with E-state index in [9.17, 15) is 20.2 Å². The maximum Gasteiger partial charge on any atom is 1.00 e. The van der Waals surface area contributed by atoms with Crippen molar-refractivity contribution in [1.82, 2.24) is 8.75 Å². The second-order valence-electron chi connectivity index (χ2n) is 5.57. The molecule has 1 aromatic carbocycles. The first kappa shape index (κ1) is 18.6. The van der Waals surface area contributed by atoms with Crippen molar-refractivity contribution in [2.45, 2.75) is 26.7 Å². The summed E-state index contributed by atoms with van der Waals surface area (Å²) in [4.78, 5) is 22.8. The van der Waals surface area contributed by atoms with E-state index in [0.29, 0.717) is 5.56 Å². The molecule has 7 nitrogen and oxygen atoms in total. The van der Waals surface area contributed by atoms with Crippen LogP contribution in [0.1, 0.15) is 33.7 Å². The Morgan fingerprint density at radius 3 is 2.50 bits per heavy atom. The smallest absolute Gasteiger partial charge is 1.00 e. The van der Waals surface area contributed by atoms with Crippen molar-refractivity contribution in [2.75, 3.05) is 0 Å². The molecule has 0 radical (unpaired) electrons. The Kier molecular flexibility index (Phi) is 5.76. The van der Waals surface area contributed by atoms with Crippen LogP contribution in [0.3, 0.4) is 0 Å². The van der Waals surface area contributed by atoms with Crippen LogP contribution in [-0.4, -0.2) is 19.5 Å². The van der Waals surface area contributed by atoms with Gasteiger partial charge < -0.3 is 1.43 Å². The Hall–Kier alpha value is -1.40. The number of nitro groups is 1. The van der Waals surface area contributed by atoms with E-state index in [1.165, 1.54) is 12.1 Å². The van der Waals surface area contributed by atoms with Crippen molar-refractivity contribution in [3.8, 4) is 6.07 Å². The summed E-state index contributed by atoms with van der Waals surface area (Å²) in [5.41, 5.74) is -0.144. The molecule has 1 heterocycles. The summed E-state index contributed by atoms with van der Waals surface area (Å²) in [6.07, 6.45) is 0. The summed E-state index contributed by atoms with van der Waals surface area (Å²) in [5.74, 6) is -1.27. The zero-order chi connectivity index (χ0) is 15.8. The minimum Gasteiger partial charge on any atom is -1.00 e. The van der Waals surface area contributed by atoms with Crippen LogP contribution in [0.25, 0.3) is 11.0 Å². The second kappa shape index (κ2) is 6.79. The number of carbonyl (C=O) groups is 1. The molecule has 9 heteroatoms. The summed E-state index contributed by atoms with van der Waals surface area (Å²) in [6.45, 7) is 5.17. The third-order valence-corrected chi connectivity index (χ3v) is 3.59. The number of nitriles is 1. The minimum atomic E-state index is -1.02. The van der Waals surface area contributed by atoms with Gasteiger partial charge in [0.25, 0.3) is 5.69 Å². The molecule has 0 fully saturated rings. The van der Waals surface area contributed by atoms with Gasteiger partial charge in [-0.3, -0.25) is 14.9 Å². The zero-order valence-electron chi connectivity index (χ0n) is 13.7. The average molecular weight is 328 g/mol. The molecular weight excluding hydrogens is 315 g/mol. The molecule has 2 aromatic rings. The summed E-state index contributed by atoms with van der Waals surface area (Å²) >= 11 is 0.821. The predicted octanol–water partition coefficient (Wildman–Crippen LogP) is -0.0616. The van der Waals surface area contributed by atoms with Gasteiger partial charge in [0, 0.05) is 17.0 Å². The van der Waals surface area contributed by atoms with Crippen molar-refractivity contribution < 1.29 is 40.7 Å². The number of ketones is 1. The molecule has 0 aliphatic rings. The van der Waals surface area contributed by atoms with E-state index in [4.69, 9.17) is 0 Å². The van der Waals surface area contributed by atoms with Crippen molar-refractivity contribution >= 4 is 34.2 Å². The number of nitro benzene ring substituents is 1. The van der Waals surface area contributed by atoms with Crippen LogP contribution < -0.4 is 29.6 Å². The first-order chi connectivity index (χ1) is 9.77. The van der Waals surface area contributed by atoms with Crippen molar-refractivity contribution in [2.24, 2.45) is 5.41 Å². The molecule has 2 rings (SSSR count). The summed E-state index contributed by atoms with van der Waals surface area (Å²) in [7, 11) is 0. The molecule has 0 N–H and O–H groups in total. The van der Waals surface area contributed by atoms with Gasteiger partial charge in [0.15, 0.2) is 11.3 Å². The second-order valence-corrected chi connectivity index (χ2v) is 6.10. The van der Waals surface area contributed by atoms with E-state index >= 15 is 0 Å². The molecule has 1 atom stereocenters. The van der Waals surface area contributed by atoms with Gasteiger partial charge in [-0.2, -0.15) is 14.0 Å². The van der Waals surface area contributed by atoms with Crippen molar-refractivity contribution in [3.63, 3.8) is 0 Å². The topological polar surface area (TPSA) is 110 Å². The van der Waals surface area contributed by atoms with Gasteiger partial charge in [-0.1, -0.05) is 20.8 Å². The van der Waals surface area contributed by atoms with Crippen molar-refractivity contribution in [1.29, 1.82) is 5.26 Å². The van der Waals surface area contributed by atoms with Gasteiger partial charge >= 0.3 is 29.6 Å². The molecular formula is C13H13N4NaO3S. The van der Waals surface area contributed by atoms with Crippen LogP contribution in [0.4, 0.5) is 5.69 Å². The van der Waals surface area contributed by atoms with E-state index in [-0.39, 0.29) is 53.5 Å². The fourth-order valence-electron chi connectivity index (χ4n) is 1.96. The number of non-ortho nitro benzene ring substituents is 1. The van der Waals surface area contributed by atoms with Gasteiger partial charge in [0.05, 0.1) is 22.7 Å². The molecule has 1 unspecified atom stereocenters. The summed E-state index contributed by atoms with van der Waals surface area (Å²) in [6, 6.07) is 4.65. The number of nitrogens with zero attached hydrogens (tertiary/aromatic N) is 4. The van der Waals surface area contributed by atoms with Gasteiger partial charge in [-0.05, 0) is 6.07 Å². The Bertz CT molecular complexity index is 782. The first-order valence-corrected chi connectivity index (χ1v) is 6.84. The number of fused-ring (bicyclic) bond motifs is 1. The molecule has 22 heavy (non-hydrogen) atoms. The Balaban J connectivity index is 0.00000242. The van der Waals surface area contributed by atoms with Crippen LogP contribution in [-0.2, 0) is 4.79 Å². The first-order valence-electron chi connectivity index (χ1n) is 6.11. The molecule has 0 saturated heterocycles. The molecule has 0 aliphatic heterocycles. The van der Waals surface area contributed by atoms with Crippen LogP contribution in [0.5, 0.6) is 0 Å². The van der Waals surface area contributed by atoms with Gasteiger partial charge in [-0.15, -0.1) is 0 Å². The van der Waals surface area contributed by atoms with Crippen LogP contribution >= 0.6 is 11.7 Å². The average Bonchev–Trinajstić information content (AvgIpc) is 2.87. The standard InChI is InChI=1S/C13H12N4O3S.Na.H/c1-13(2,3)12(18)8(6-14)7-4-5-9(17(19)20)11-10(7)15-21-16-11;;/h4-5,8H,1-3H3;;/q;+1;-1. The summed E-state index contributed by atoms with van der Waals surface area (Å²) < 4.78 is 7.92. The SMILES string of the molecule is CC(C)(C)C(=O)C(C#N)c1ccc([N+](=O)[O-])c2nsnc12.[H-].[Na+]. The van der Waals surface area contributed by atoms with E-state index in [1.807, 2.05) is 6.07 Å². The van der Waals surface area contributed by atoms with Crippen LogP contribution in [0.15, 0.2) is 12.1 Å². The fourth-order valence-corrected chi connectivity index (χ4v) is 2.53. The number of hydrogen-bond acceptors (Lipinski definition) is 7. The molecule has 0 amide bonds. The number of benzene rings is 1. The monoisotopic (exact) mass is 328 g/mol. The number of Topliss-reactive ketones (excluding diaryl/α,β-unsaturated/α-hetero) is 1. The number of rotatable bonds is 3. The molecule has 0 saturated carbocycles. The van der Waals surface area contributed by atoms with Gasteiger partial charge in [0.2, 0.25) is 0 Å². The normalized spacial score (nSPS) is 12.3. The molecule has 0 spiro atoms. The van der Waals surface area contributed by atoms with E-state index in [1.54, 1.807) is 20.8 Å². The Morgan fingerprint density at radius 1 is 1.41 bits per heavy atom. The van der Waals surface area contributed by atoms with Gasteiger partial charge in [-0.25, -0.2) is 0 Å². The van der Waals surface area contributed by atoms with Crippen LogP contribution in [0.2, 0.25) is 0 Å². The number of carbonyl (C=O) groups excluding carboxylic acids is 1. The van der Waals surface area contributed by atoms with E-state index in [0.717, 1.165) is 11.7 Å². The van der Waals surface area contributed by atoms with Crippen molar-refractivity contribution in [3.05, 3.63) is 27.8 Å². The summed E-state index contributed by atoms with van der Waals surface area (Å²) in [5, 5.41) is 20.3. The molecule has 1 aromatic heterocycles. The fraction of sp³-hybridized carbons (Fsp3) is 0.385. The third kappa shape index (κ3) is 3.33. The maximum atomic E-state index is 12.4. The predicted molar refractivity (Wildman–Crippen MR) is 78.0 cm³/mol. The van der Waals surface area contributed by atoms with Gasteiger partial charge in [0.1, 0.15) is 11.4 Å². The molecule has 110 valence electrons. The zero-order valence-corrected chi connectivity index (χ0v) is 15.5. The minimum absolute atomic E-state index is 0.